The minimum atomic E-state index is 0.466. The molecule has 1 rings (SSSR count). The Morgan fingerprint density at radius 2 is 1.33 bits per heavy atom. The van der Waals surface area contributed by atoms with Crippen molar-refractivity contribution in [1.82, 2.24) is 0 Å². The first-order valence-electron chi connectivity index (χ1n) is 4.10. The Morgan fingerprint density at radius 3 is 1.75 bits per heavy atom. The number of hydrogen-bond acceptors (Lipinski definition) is 4. The molecule has 1 aliphatic heterocycles. The number of rotatable bonds is 0. The van der Waals surface area contributed by atoms with Crippen molar-refractivity contribution in [3.05, 3.63) is 0 Å². The van der Waals surface area contributed by atoms with Gasteiger partial charge in [-0.2, -0.15) is 0 Å². The van der Waals surface area contributed by atoms with Gasteiger partial charge in [-0.1, -0.05) is 10.3 Å². The molecule has 1 heterocycles. The summed E-state index contributed by atoms with van der Waals surface area (Å²) < 4.78 is 0. The largest absolute Gasteiger partial charge is 0.392 e. The molecule has 0 N–H and O–H groups in total. The zero-order chi connectivity index (χ0) is 8.81. The number of oxime groups is 2. The van der Waals surface area contributed by atoms with Crippen LogP contribution in [0.5, 0.6) is 0 Å². The molecule has 0 atom stereocenters. The summed E-state index contributed by atoms with van der Waals surface area (Å²) in [5.74, 6) is 0. The average Bonchev–Trinajstić information content (AvgIpc) is 2.07. The highest BCUT2D eigenvalue weighted by Crippen LogP contribution is 1.99. The summed E-state index contributed by atoms with van der Waals surface area (Å²) >= 11 is 0. The Balaban J connectivity index is 2.47. The second-order valence-corrected chi connectivity index (χ2v) is 2.82. The Morgan fingerprint density at radius 1 is 0.917 bits per heavy atom. The monoisotopic (exact) mass is 170 g/mol. The fourth-order valence-electron chi connectivity index (χ4n) is 0.839. The van der Waals surface area contributed by atoms with E-state index in [-0.39, 0.29) is 0 Å². The van der Waals surface area contributed by atoms with Gasteiger partial charge in [0.25, 0.3) is 0 Å². The first kappa shape index (κ1) is 9.03. The summed E-state index contributed by atoms with van der Waals surface area (Å²) in [6.07, 6.45) is 1.78. The fraction of sp³-hybridized carbons (Fsp3) is 0.750. The lowest BCUT2D eigenvalue weighted by atomic mass is 10.2. The van der Waals surface area contributed by atoms with E-state index in [9.17, 15) is 0 Å². The highest BCUT2D eigenvalue weighted by atomic mass is 16.7. The van der Waals surface area contributed by atoms with Crippen molar-refractivity contribution in [2.75, 3.05) is 13.2 Å². The maximum atomic E-state index is 4.95. The summed E-state index contributed by atoms with van der Waals surface area (Å²) in [7, 11) is 0. The summed E-state index contributed by atoms with van der Waals surface area (Å²) in [4.78, 5) is 9.90. The summed E-state index contributed by atoms with van der Waals surface area (Å²) in [5.41, 5.74) is 2.01. The summed E-state index contributed by atoms with van der Waals surface area (Å²) in [6.45, 7) is 4.84. The molecule has 0 aromatic carbocycles. The lowest BCUT2D eigenvalue weighted by Gasteiger charge is -2.05. The van der Waals surface area contributed by atoms with Crippen LogP contribution >= 0.6 is 0 Å². The van der Waals surface area contributed by atoms with Crippen LogP contribution in [-0.2, 0) is 9.68 Å². The number of hydrogen-bond donors (Lipinski definition) is 0. The molecular formula is C8H14N2O2. The van der Waals surface area contributed by atoms with Crippen molar-refractivity contribution >= 4 is 11.4 Å². The quantitative estimate of drug-likeness (QED) is 0.553. The third-order valence-corrected chi connectivity index (χ3v) is 1.56. The van der Waals surface area contributed by atoms with E-state index < -0.39 is 0 Å². The first-order chi connectivity index (χ1) is 5.79. The van der Waals surface area contributed by atoms with Gasteiger partial charge in [0, 0.05) is 0 Å². The Labute approximate surface area is 72.2 Å². The Kier molecular flexibility index (Phi) is 3.57. The smallest absolute Gasteiger partial charge is 0.153 e. The topological polar surface area (TPSA) is 43.2 Å². The molecule has 68 valence electrons. The third kappa shape index (κ3) is 3.37. The molecule has 4 heteroatoms. The molecule has 0 saturated carbocycles. The highest BCUT2D eigenvalue weighted by Gasteiger charge is 1.99. The normalized spacial score (nSPS) is 19.8. The molecule has 0 bridgehead atoms. The predicted octanol–water partition coefficient (Wildman–Crippen LogP) is 1.57. The molecule has 0 radical (unpaired) electrons. The minimum Gasteiger partial charge on any atom is -0.392 e. The standard InChI is InChI=1S/C8H14N2O2/c1-7-3-4-8(2)10-12-6-5-11-9-7/h3-6H2,1-2H3. The Bertz CT molecular complexity index is 177. The molecule has 0 fully saturated rings. The maximum Gasteiger partial charge on any atom is 0.153 e. The first-order valence-corrected chi connectivity index (χ1v) is 4.10. The van der Waals surface area contributed by atoms with Gasteiger partial charge >= 0.3 is 0 Å². The van der Waals surface area contributed by atoms with Crippen LogP contribution in [0.15, 0.2) is 10.3 Å². The van der Waals surface area contributed by atoms with E-state index in [2.05, 4.69) is 10.3 Å². The van der Waals surface area contributed by atoms with E-state index in [1.165, 1.54) is 0 Å². The van der Waals surface area contributed by atoms with E-state index in [1.54, 1.807) is 0 Å². The predicted molar refractivity (Wildman–Crippen MR) is 47.4 cm³/mol. The zero-order valence-electron chi connectivity index (χ0n) is 7.54. The highest BCUT2D eigenvalue weighted by molar-refractivity contribution is 5.88. The molecule has 0 unspecified atom stereocenters. The molecule has 12 heavy (non-hydrogen) atoms. The molecule has 0 amide bonds. The van der Waals surface area contributed by atoms with Crippen LogP contribution in [0, 0.1) is 0 Å². The zero-order valence-corrected chi connectivity index (χ0v) is 7.54. The van der Waals surface area contributed by atoms with E-state index >= 15 is 0 Å². The van der Waals surface area contributed by atoms with Gasteiger partial charge in [0.15, 0.2) is 13.2 Å². The molecule has 1 aliphatic rings. The van der Waals surface area contributed by atoms with Crippen LogP contribution in [0.1, 0.15) is 26.7 Å². The van der Waals surface area contributed by atoms with Gasteiger partial charge in [-0.25, -0.2) is 0 Å². The third-order valence-electron chi connectivity index (χ3n) is 1.56. The van der Waals surface area contributed by atoms with E-state index in [0.29, 0.717) is 13.2 Å². The second-order valence-electron chi connectivity index (χ2n) is 2.82. The van der Waals surface area contributed by atoms with Crippen molar-refractivity contribution in [1.29, 1.82) is 0 Å². The van der Waals surface area contributed by atoms with Gasteiger partial charge in [-0.05, 0) is 26.7 Å². The average molecular weight is 170 g/mol. The minimum absolute atomic E-state index is 0.466. The molecule has 4 nitrogen and oxygen atoms in total. The van der Waals surface area contributed by atoms with Crippen LogP contribution in [0.2, 0.25) is 0 Å². The van der Waals surface area contributed by atoms with Crippen LogP contribution in [0.25, 0.3) is 0 Å². The molecule has 0 aliphatic carbocycles. The summed E-state index contributed by atoms with van der Waals surface area (Å²) in [5, 5.41) is 7.80. The van der Waals surface area contributed by atoms with Crippen LogP contribution in [-0.4, -0.2) is 24.6 Å². The van der Waals surface area contributed by atoms with Crippen LogP contribution in [0.4, 0.5) is 0 Å². The van der Waals surface area contributed by atoms with Crippen molar-refractivity contribution < 1.29 is 9.68 Å². The van der Waals surface area contributed by atoms with Gasteiger partial charge in [0.2, 0.25) is 0 Å². The Hall–Kier alpha value is -1.06. The molecular weight excluding hydrogens is 156 g/mol. The van der Waals surface area contributed by atoms with E-state index in [1.807, 2.05) is 13.8 Å². The molecule has 0 aromatic rings. The summed E-state index contributed by atoms with van der Waals surface area (Å²) in [6, 6.07) is 0. The second kappa shape index (κ2) is 4.74. The van der Waals surface area contributed by atoms with Crippen molar-refractivity contribution in [2.24, 2.45) is 10.3 Å². The molecule has 0 aromatic heterocycles. The van der Waals surface area contributed by atoms with Gasteiger partial charge in [-0.3, -0.25) is 0 Å². The van der Waals surface area contributed by atoms with Gasteiger partial charge < -0.3 is 9.68 Å². The van der Waals surface area contributed by atoms with Crippen LogP contribution < -0.4 is 0 Å². The van der Waals surface area contributed by atoms with Crippen molar-refractivity contribution in [3.8, 4) is 0 Å². The van der Waals surface area contributed by atoms with E-state index in [4.69, 9.17) is 9.68 Å². The molecule has 0 spiro atoms. The van der Waals surface area contributed by atoms with Crippen molar-refractivity contribution in [2.45, 2.75) is 26.7 Å². The lowest BCUT2D eigenvalue weighted by Crippen LogP contribution is -2.06. The maximum absolute atomic E-state index is 4.95. The van der Waals surface area contributed by atoms with E-state index in [0.717, 1.165) is 24.3 Å². The number of nitrogens with zero attached hydrogens (tertiary/aromatic N) is 2. The van der Waals surface area contributed by atoms with Crippen molar-refractivity contribution in [3.63, 3.8) is 0 Å². The van der Waals surface area contributed by atoms with Crippen LogP contribution in [0.3, 0.4) is 0 Å². The van der Waals surface area contributed by atoms with Gasteiger partial charge in [-0.15, -0.1) is 0 Å². The SMILES string of the molecule is CC1=NOCCON=C(C)CC1. The fourth-order valence-corrected chi connectivity index (χ4v) is 0.839. The van der Waals surface area contributed by atoms with Gasteiger partial charge in [0.1, 0.15) is 0 Å². The lowest BCUT2D eigenvalue weighted by molar-refractivity contribution is 0.0526. The molecule has 0 saturated heterocycles. The van der Waals surface area contributed by atoms with Gasteiger partial charge in [0.05, 0.1) is 11.4 Å².